The molecular formula is C16H20FN3. The minimum absolute atomic E-state index is 0.177. The maximum atomic E-state index is 13.8. The Bertz CT molecular complexity index is 595. The van der Waals surface area contributed by atoms with E-state index in [2.05, 4.69) is 22.1 Å². The largest absolute Gasteiger partial charge is 0.314 e. The van der Waals surface area contributed by atoms with Crippen LogP contribution in [0.2, 0.25) is 0 Å². The molecule has 0 atom stereocenters. The first-order chi connectivity index (χ1) is 9.78. The van der Waals surface area contributed by atoms with Crippen LogP contribution in [0.5, 0.6) is 0 Å². The van der Waals surface area contributed by atoms with E-state index >= 15 is 0 Å². The molecule has 1 aliphatic rings. The van der Waals surface area contributed by atoms with E-state index < -0.39 is 0 Å². The van der Waals surface area contributed by atoms with Gasteiger partial charge < -0.3 is 5.32 Å². The van der Waals surface area contributed by atoms with Crippen molar-refractivity contribution in [2.24, 2.45) is 0 Å². The highest BCUT2D eigenvalue weighted by atomic mass is 19.1. The molecule has 1 saturated heterocycles. The lowest BCUT2D eigenvalue weighted by Crippen LogP contribution is -2.57. The van der Waals surface area contributed by atoms with Gasteiger partial charge >= 0.3 is 0 Å². The highest BCUT2D eigenvalue weighted by molar-refractivity contribution is 5.81. The van der Waals surface area contributed by atoms with Crippen molar-refractivity contribution in [1.82, 2.24) is 15.2 Å². The molecule has 2 aromatic rings. The van der Waals surface area contributed by atoms with Gasteiger partial charge in [0.05, 0.1) is 5.52 Å². The molecule has 0 radical (unpaired) electrons. The molecular weight excluding hydrogens is 253 g/mol. The van der Waals surface area contributed by atoms with Crippen LogP contribution in [0.4, 0.5) is 4.39 Å². The summed E-state index contributed by atoms with van der Waals surface area (Å²) in [5.41, 5.74) is 1.91. The van der Waals surface area contributed by atoms with Crippen LogP contribution in [0.3, 0.4) is 0 Å². The van der Waals surface area contributed by atoms with E-state index in [-0.39, 0.29) is 5.82 Å². The Balaban J connectivity index is 1.91. The van der Waals surface area contributed by atoms with E-state index in [1.165, 1.54) is 0 Å². The fraction of sp³-hybridized carbons (Fsp3) is 0.438. The number of hydrogen-bond donors (Lipinski definition) is 1. The first-order valence-corrected chi connectivity index (χ1v) is 7.26. The Morgan fingerprint density at radius 3 is 2.95 bits per heavy atom. The summed E-state index contributed by atoms with van der Waals surface area (Å²) < 4.78 is 13.8. The van der Waals surface area contributed by atoms with Crippen molar-refractivity contribution in [3.05, 3.63) is 41.8 Å². The van der Waals surface area contributed by atoms with Gasteiger partial charge in [0.1, 0.15) is 5.82 Å². The lowest BCUT2D eigenvalue weighted by Gasteiger charge is -2.38. The second-order valence-electron chi connectivity index (χ2n) is 5.42. The van der Waals surface area contributed by atoms with Crippen molar-refractivity contribution < 1.29 is 4.39 Å². The molecule has 0 unspecified atom stereocenters. The summed E-state index contributed by atoms with van der Waals surface area (Å²) in [4.78, 5) is 6.86. The number of hydrogen-bond acceptors (Lipinski definition) is 3. The fourth-order valence-electron chi connectivity index (χ4n) is 2.78. The summed E-state index contributed by atoms with van der Waals surface area (Å²) in [6, 6.07) is 7.53. The third-order valence-electron chi connectivity index (χ3n) is 3.91. The molecule has 106 valence electrons. The zero-order valence-corrected chi connectivity index (χ0v) is 11.8. The molecule has 4 heteroatoms. The molecule has 1 aromatic carbocycles. The Kier molecular flexibility index (Phi) is 3.94. The smallest absolute Gasteiger partial charge is 0.124 e. The second-order valence-corrected chi connectivity index (χ2v) is 5.42. The summed E-state index contributed by atoms with van der Waals surface area (Å²) in [6.45, 7) is 6.05. The minimum atomic E-state index is -0.177. The monoisotopic (exact) mass is 273 g/mol. The topological polar surface area (TPSA) is 28.2 Å². The zero-order valence-electron chi connectivity index (χ0n) is 11.8. The Morgan fingerprint density at radius 1 is 1.40 bits per heavy atom. The molecule has 1 fully saturated rings. The third kappa shape index (κ3) is 2.67. The minimum Gasteiger partial charge on any atom is -0.314 e. The molecule has 0 saturated carbocycles. The highest BCUT2D eigenvalue weighted by Gasteiger charge is 2.24. The molecule has 0 amide bonds. The third-order valence-corrected chi connectivity index (χ3v) is 3.91. The maximum Gasteiger partial charge on any atom is 0.124 e. The summed E-state index contributed by atoms with van der Waals surface area (Å²) in [5, 5.41) is 4.18. The zero-order chi connectivity index (χ0) is 13.9. The van der Waals surface area contributed by atoms with Gasteiger partial charge in [0.2, 0.25) is 0 Å². The first kappa shape index (κ1) is 13.5. The Morgan fingerprint density at radius 2 is 2.25 bits per heavy atom. The summed E-state index contributed by atoms with van der Waals surface area (Å²) >= 11 is 0. The molecule has 3 nitrogen and oxygen atoms in total. The maximum absolute atomic E-state index is 13.8. The molecule has 1 aromatic heterocycles. The molecule has 1 N–H and O–H groups in total. The van der Waals surface area contributed by atoms with Crippen LogP contribution in [0.15, 0.2) is 30.5 Å². The van der Waals surface area contributed by atoms with Crippen molar-refractivity contribution in [2.45, 2.75) is 25.9 Å². The quantitative estimate of drug-likeness (QED) is 0.907. The van der Waals surface area contributed by atoms with Gasteiger partial charge in [0, 0.05) is 37.3 Å². The summed E-state index contributed by atoms with van der Waals surface area (Å²) in [6.07, 6.45) is 2.88. The lowest BCUT2D eigenvalue weighted by molar-refractivity contribution is 0.138. The summed E-state index contributed by atoms with van der Waals surface area (Å²) in [7, 11) is 0. The highest BCUT2D eigenvalue weighted by Crippen LogP contribution is 2.21. The lowest BCUT2D eigenvalue weighted by atomic mass is 10.1. The van der Waals surface area contributed by atoms with Gasteiger partial charge in [-0.3, -0.25) is 9.88 Å². The van der Waals surface area contributed by atoms with Crippen molar-refractivity contribution in [1.29, 1.82) is 0 Å². The van der Waals surface area contributed by atoms with E-state index in [1.807, 2.05) is 12.1 Å². The molecule has 1 aliphatic heterocycles. The number of benzene rings is 1. The van der Waals surface area contributed by atoms with E-state index in [0.717, 1.165) is 49.1 Å². The van der Waals surface area contributed by atoms with Crippen LogP contribution in [-0.2, 0) is 6.54 Å². The van der Waals surface area contributed by atoms with Gasteiger partial charge in [-0.25, -0.2) is 4.39 Å². The predicted molar refractivity (Wildman–Crippen MR) is 79.1 cm³/mol. The molecule has 0 spiro atoms. The normalized spacial score (nSPS) is 15.8. The van der Waals surface area contributed by atoms with Gasteiger partial charge in [-0.05, 0) is 36.7 Å². The number of pyridine rings is 1. The summed E-state index contributed by atoms with van der Waals surface area (Å²) in [5.74, 6) is -0.177. The van der Waals surface area contributed by atoms with Gasteiger partial charge in [-0.1, -0.05) is 13.0 Å². The standard InChI is InChI=1S/C16H20FN3/c1-2-6-20(15-9-18-10-15)11-13-8-14(17)7-12-4-3-5-19-16(12)13/h3-5,7-8,15,18H,2,6,9-11H2,1H3. The Hall–Kier alpha value is -1.52. The molecule has 0 bridgehead atoms. The average molecular weight is 273 g/mol. The van der Waals surface area contributed by atoms with E-state index in [4.69, 9.17) is 0 Å². The van der Waals surface area contributed by atoms with E-state index in [1.54, 1.807) is 18.3 Å². The number of halogens is 1. The van der Waals surface area contributed by atoms with Crippen molar-refractivity contribution in [2.75, 3.05) is 19.6 Å². The van der Waals surface area contributed by atoms with Crippen LogP contribution in [-0.4, -0.2) is 35.6 Å². The first-order valence-electron chi connectivity index (χ1n) is 7.26. The number of nitrogens with one attached hydrogen (secondary N) is 1. The van der Waals surface area contributed by atoms with Crippen LogP contribution < -0.4 is 5.32 Å². The number of aromatic nitrogens is 1. The molecule has 0 aliphatic carbocycles. The van der Waals surface area contributed by atoms with Gasteiger partial charge in [-0.15, -0.1) is 0 Å². The molecule has 20 heavy (non-hydrogen) atoms. The van der Waals surface area contributed by atoms with Crippen molar-refractivity contribution in [3.63, 3.8) is 0 Å². The van der Waals surface area contributed by atoms with Crippen LogP contribution >= 0.6 is 0 Å². The fourth-order valence-corrected chi connectivity index (χ4v) is 2.78. The SMILES string of the molecule is CCCN(Cc1cc(F)cc2cccnc12)C1CNC1. The Labute approximate surface area is 118 Å². The van der Waals surface area contributed by atoms with Crippen molar-refractivity contribution in [3.8, 4) is 0 Å². The van der Waals surface area contributed by atoms with Gasteiger partial charge in [0.15, 0.2) is 0 Å². The predicted octanol–water partition coefficient (Wildman–Crippen LogP) is 2.56. The van der Waals surface area contributed by atoms with Crippen LogP contribution in [0.25, 0.3) is 10.9 Å². The molecule has 2 heterocycles. The number of rotatable bonds is 5. The molecule has 3 rings (SSSR count). The van der Waals surface area contributed by atoms with Crippen molar-refractivity contribution >= 4 is 10.9 Å². The van der Waals surface area contributed by atoms with Gasteiger partial charge in [-0.2, -0.15) is 0 Å². The van der Waals surface area contributed by atoms with E-state index in [0.29, 0.717) is 6.04 Å². The number of fused-ring (bicyclic) bond motifs is 1. The van der Waals surface area contributed by atoms with Crippen LogP contribution in [0.1, 0.15) is 18.9 Å². The second kappa shape index (κ2) is 5.85. The van der Waals surface area contributed by atoms with E-state index in [9.17, 15) is 4.39 Å². The van der Waals surface area contributed by atoms with Crippen LogP contribution in [0, 0.1) is 5.82 Å². The number of nitrogens with zero attached hydrogens (tertiary/aromatic N) is 2. The average Bonchev–Trinajstić information content (AvgIpc) is 2.36. The van der Waals surface area contributed by atoms with Gasteiger partial charge in [0.25, 0.3) is 0 Å².